The maximum atomic E-state index is 9.35. The standard InChI is InChI=1S/C12H27O3PS2/c1-5-12(4,18-16(13,14)17)15-10-8-6-7-9-11(2)3/h11H,5-10H2,1-4H3,(H2,13,14,17). The van der Waals surface area contributed by atoms with E-state index in [0.29, 0.717) is 13.0 Å². The maximum absolute atomic E-state index is 9.35. The van der Waals surface area contributed by atoms with Gasteiger partial charge < -0.3 is 14.5 Å². The number of ether oxygens (including phenoxy) is 1. The molecule has 0 spiro atoms. The molecule has 0 fully saturated rings. The third kappa shape index (κ3) is 10.8. The molecule has 0 saturated carbocycles. The van der Waals surface area contributed by atoms with Crippen molar-refractivity contribution in [3.05, 3.63) is 0 Å². The van der Waals surface area contributed by atoms with Crippen LogP contribution >= 0.6 is 17.1 Å². The fourth-order valence-electron chi connectivity index (χ4n) is 1.56. The van der Waals surface area contributed by atoms with Gasteiger partial charge in [0.1, 0.15) is 4.93 Å². The lowest BCUT2D eigenvalue weighted by Gasteiger charge is -2.29. The van der Waals surface area contributed by atoms with Crippen LogP contribution in [0.25, 0.3) is 0 Å². The minimum atomic E-state index is -3.25. The second kappa shape index (κ2) is 8.93. The SMILES string of the molecule is CCC(C)(OCCCCCC(C)C)SP(O)(O)=S. The first-order valence-electron chi connectivity index (χ1n) is 6.59. The average Bonchev–Trinajstić information content (AvgIpc) is 2.20. The molecule has 110 valence electrons. The van der Waals surface area contributed by atoms with Crippen LogP contribution in [-0.2, 0) is 16.5 Å². The monoisotopic (exact) mass is 314 g/mol. The van der Waals surface area contributed by atoms with Gasteiger partial charge in [-0.2, -0.15) is 0 Å². The molecule has 0 saturated heterocycles. The summed E-state index contributed by atoms with van der Waals surface area (Å²) in [4.78, 5) is 18.1. The van der Waals surface area contributed by atoms with Crippen molar-refractivity contribution in [1.29, 1.82) is 0 Å². The van der Waals surface area contributed by atoms with Crippen LogP contribution in [0.3, 0.4) is 0 Å². The van der Waals surface area contributed by atoms with Crippen molar-refractivity contribution in [3.8, 4) is 0 Å². The van der Waals surface area contributed by atoms with Gasteiger partial charge in [-0.3, -0.25) is 0 Å². The Hall–Kier alpha value is 0.880. The number of unbranched alkanes of at least 4 members (excludes halogenated alkanes) is 2. The van der Waals surface area contributed by atoms with Crippen LogP contribution in [0, 0.1) is 5.92 Å². The van der Waals surface area contributed by atoms with Gasteiger partial charge in [0.25, 0.3) is 0 Å². The van der Waals surface area contributed by atoms with Crippen molar-refractivity contribution in [2.24, 2.45) is 5.92 Å². The van der Waals surface area contributed by atoms with E-state index in [2.05, 4.69) is 25.7 Å². The third-order valence-electron chi connectivity index (χ3n) is 2.79. The summed E-state index contributed by atoms with van der Waals surface area (Å²) in [6.07, 6.45) is 5.38. The van der Waals surface area contributed by atoms with E-state index < -0.39 is 10.6 Å². The largest absolute Gasteiger partial charge is 0.364 e. The van der Waals surface area contributed by atoms with E-state index in [1.807, 2.05) is 13.8 Å². The van der Waals surface area contributed by atoms with Crippen molar-refractivity contribution in [1.82, 2.24) is 0 Å². The summed E-state index contributed by atoms with van der Waals surface area (Å²) in [5.41, 5.74) is -3.25. The van der Waals surface area contributed by atoms with Crippen molar-refractivity contribution in [3.63, 3.8) is 0 Å². The molecule has 0 rings (SSSR count). The van der Waals surface area contributed by atoms with E-state index in [4.69, 9.17) is 4.74 Å². The number of hydrogen-bond donors (Lipinski definition) is 2. The van der Waals surface area contributed by atoms with Crippen LogP contribution in [-0.4, -0.2) is 21.3 Å². The van der Waals surface area contributed by atoms with Gasteiger partial charge in [0.05, 0.1) is 0 Å². The zero-order chi connectivity index (χ0) is 14.2. The summed E-state index contributed by atoms with van der Waals surface area (Å²) >= 11 is 5.64. The molecule has 0 heterocycles. The van der Waals surface area contributed by atoms with Crippen LogP contribution in [0.1, 0.15) is 59.8 Å². The first-order chi connectivity index (χ1) is 8.18. The normalized spacial score (nSPS) is 15.9. The summed E-state index contributed by atoms with van der Waals surface area (Å²) in [5, 5.41) is 0. The smallest absolute Gasteiger partial charge is 0.244 e. The summed E-state index contributed by atoms with van der Waals surface area (Å²) < 4.78 is 5.77. The lowest BCUT2D eigenvalue weighted by atomic mass is 10.1. The molecular formula is C12H27O3PS2. The van der Waals surface area contributed by atoms with Gasteiger partial charge in [-0.15, -0.1) is 0 Å². The summed E-state index contributed by atoms with van der Waals surface area (Å²) in [7, 11) is 0. The molecule has 0 aromatic rings. The molecule has 0 aliphatic heterocycles. The molecular weight excluding hydrogens is 287 g/mol. The maximum Gasteiger partial charge on any atom is 0.244 e. The van der Waals surface area contributed by atoms with Crippen molar-refractivity contribution < 1.29 is 14.5 Å². The Morgan fingerprint density at radius 3 is 2.33 bits per heavy atom. The Kier molecular flexibility index (Phi) is 9.37. The summed E-state index contributed by atoms with van der Waals surface area (Å²) in [6, 6.07) is 0. The van der Waals surface area contributed by atoms with E-state index in [9.17, 15) is 9.79 Å². The fourth-order valence-corrected chi connectivity index (χ4v) is 5.81. The van der Waals surface area contributed by atoms with E-state index in [0.717, 1.165) is 30.1 Å². The van der Waals surface area contributed by atoms with Crippen LogP contribution in [0.15, 0.2) is 0 Å². The van der Waals surface area contributed by atoms with Crippen molar-refractivity contribution in [2.75, 3.05) is 6.61 Å². The Labute approximate surface area is 121 Å². The van der Waals surface area contributed by atoms with Crippen LogP contribution in [0.2, 0.25) is 0 Å². The molecule has 18 heavy (non-hydrogen) atoms. The summed E-state index contributed by atoms with van der Waals surface area (Å²) in [6.45, 7) is 8.97. The fraction of sp³-hybridized carbons (Fsp3) is 1.00. The minimum Gasteiger partial charge on any atom is -0.364 e. The van der Waals surface area contributed by atoms with Crippen molar-refractivity contribution >= 4 is 28.9 Å². The van der Waals surface area contributed by atoms with Crippen LogP contribution in [0.5, 0.6) is 0 Å². The van der Waals surface area contributed by atoms with Crippen LogP contribution < -0.4 is 0 Å². The highest BCUT2D eigenvalue weighted by molar-refractivity contribution is 8.67. The van der Waals surface area contributed by atoms with E-state index >= 15 is 0 Å². The molecule has 0 amide bonds. The summed E-state index contributed by atoms with van der Waals surface area (Å²) in [5.74, 6) is 0.761. The van der Waals surface area contributed by atoms with E-state index in [-0.39, 0.29) is 0 Å². The first kappa shape index (κ1) is 18.9. The number of hydrogen-bond acceptors (Lipinski definition) is 3. The molecule has 0 radical (unpaired) electrons. The van der Waals surface area contributed by atoms with Crippen molar-refractivity contribution in [2.45, 2.75) is 64.7 Å². The van der Waals surface area contributed by atoms with Gasteiger partial charge in [-0.25, -0.2) is 0 Å². The average molecular weight is 314 g/mol. The molecule has 2 N–H and O–H groups in total. The molecule has 0 aliphatic rings. The van der Waals surface area contributed by atoms with Gasteiger partial charge in [0.2, 0.25) is 5.69 Å². The molecule has 3 nitrogen and oxygen atoms in total. The highest BCUT2D eigenvalue weighted by atomic mass is 32.9. The second-order valence-corrected chi connectivity index (χ2v) is 11.5. The highest BCUT2D eigenvalue weighted by Crippen LogP contribution is 2.58. The Balaban J connectivity index is 3.83. The lowest BCUT2D eigenvalue weighted by Crippen LogP contribution is -2.23. The number of rotatable bonds is 10. The Bertz CT molecular complexity index is 268. The molecule has 6 heteroatoms. The van der Waals surface area contributed by atoms with Crippen LogP contribution in [0.4, 0.5) is 0 Å². The van der Waals surface area contributed by atoms with Gasteiger partial charge >= 0.3 is 0 Å². The Morgan fingerprint density at radius 2 is 1.89 bits per heavy atom. The first-order valence-corrected chi connectivity index (χ1v) is 10.7. The van der Waals surface area contributed by atoms with E-state index in [1.165, 1.54) is 12.8 Å². The lowest BCUT2D eigenvalue weighted by molar-refractivity contribution is 0.0348. The molecule has 0 aromatic heterocycles. The van der Waals surface area contributed by atoms with Gasteiger partial charge in [0.15, 0.2) is 0 Å². The topological polar surface area (TPSA) is 49.7 Å². The predicted molar refractivity (Wildman–Crippen MR) is 84.3 cm³/mol. The zero-order valence-corrected chi connectivity index (χ0v) is 14.4. The molecule has 0 bridgehead atoms. The Morgan fingerprint density at radius 1 is 1.28 bits per heavy atom. The molecule has 0 aromatic carbocycles. The molecule has 1 unspecified atom stereocenters. The van der Waals surface area contributed by atoms with Gasteiger partial charge in [-0.1, -0.05) is 40.0 Å². The quantitative estimate of drug-likeness (QED) is 0.358. The third-order valence-corrected chi connectivity index (χ3v) is 6.36. The highest BCUT2D eigenvalue weighted by Gasteiger charge is 2.30. The molecule has 0 aliphatic carbocycles. The zero-order valence-electron chi connectivity index (χ0n) is 11.9. The predicted octanol–water partition coefficient (Wildman–Crippen LogP) is 4.29. The van der Waals surface area contributed by atoms with Gasteiger partial charge in [0, 0.05) is 6.61 Å². The van der Waals surface area contributed by atoms with Gasteiger partial charge in [-0.05, 0) is 48.9 Å². The minimum absolute atomic E-state index is 0.572. The second-order valence-electron chi connectivity index (χ2n) is 5.16. The van der Waals surface area contributed by atoms with E-state index in [1.54, 1.807) is 0 Å². The molecule has 1 atom stereocenters.